The average molecular weight is 331 g/mol. The Labute approximate surface area is 137 Å². The second-order valence-electron chi connectivity index (χ2n) is 7.71. The first kappa shape index (κ1) is 20.1. The van der Waals surface area contributed by atoms with Gasteiger partial charge < -0.3 is 24.4 Å². The molecule has 1 aliphatic heterocycles. The number of hydrogen-bond acceptors (Lipinski definition) is 5. The van der Waals surface area contributed by atoms with E-state index in [1.54, 1.807) is 6.82 Å². The van der Waals surface area contributed by atoms with Gasteiger partial charge in [-0.2, -0.15) is 0 Å². The van der Waals surface area contributed by atoms with Gasteiger partial charge in [0.05, 0.1) is 12.7 Å². The summed E-state index contributed by atoms with van der Waals surface area (Å²) in [6.07, 6.45) is 0.551. The normalized spacial score (nSPS) is 27.1. The fourth-order valence-corrected chi connectivity index (χ4v) is 3.56. The van der Waals surface area contributed by atoms with Crippen LogP contribution in [0.1, 0.15) is 13.3 Å². The molecule has 0 radical (unpaired) electrons. The Hall–Kier alpha value is 0.0818. The zero-order valence-corrected chi connectivity index (χ0v) is 15.9. The average Bonchev–Trinajstić information content (AvgIpc) is 2.42. The van der Waals surface area contributed by atoms with Crippen molar-refractivity contribution in [3.05, 3.63) is 0 Å². The van der Waals surface area contributed by atoms with Crippen molar-refractivity contribution in [1.82, 2.24) is 4.81 Å². The van der Waals surface area contributed by atoms with Gasteiger partial charge in [-0.25, -0.2) is 0 Å². The standard InChI is InChI=1S/C15H34BNO4Si/c1-6-13-9-17(16(2)19)10-14(15(13)18)11-21-12-20-7-8-22(3,4)5/h13-15,18-19H,6-12H2,1-5H3/t13-,14-,15+/m1/s1. The van der Waals surface area contributed by atoms with Gasteiger partial charge in [-0.3, -0.25) is 0 Å². The maximum absolute atomic E-state index is 10.4. The van der Waals surface area contributed by atoms with Crippen LogP contribution in [0.15, 0.2) is 0 Å². The number of nitrogens with zero attached hydrogens (tertiary/aromatic N) is 1. The molecule has 0 amide bonds. The maximum atomic E-state index is 10.4. The van der Waals surface area contributed by atoms with Crippen molar-refractivity contribution in [3.63, 3.8) is 0 Å². The first-order chi connectivity index (χ1) is 10.2. The van der Waals surface area contributed by atoms with Crippen molar-refractivity contribution in [2.24, 2.45) is 11.8 Å². The third-order valence-corrected chi connectivity index (χ3v) is 6.16. The van der Waals surface area contributed by atoms with E-state index in [0.717, 1.165) is 25.6 Å². The quantitative estimate of drug-likeness (QED) is 0.383. The fraction of sp³-hybridized carbons (Fsp3) is 1.00. The van der Waals surface area contributed by atoms with E-state index in [-0.39, 0.29) is 17.9 Å². The highest BCUT2D eigenvalue weighted by atomic mass is 28.3. The highest BCUT2D eigenvalue weighted by molar-refractivity contribution is 6.76. The summed E-state index contributed by atoms with van der Waals surface area (Å²) in [7, 11) is -1.53. The third kappa shape index (κ3) is 7.10. The van der Waals surface area contributed by atoms with Gasteiger partial charge in [0.25, 0.3) is 0 Å². The minimum atomic E-state index is -1.05. The lowest BCUT2D eigenvalue weighted by Gasteiger charge is -2.41. The molecule has 1 rings (SSSR count). The van der Waals surface area contributed by atoms with Crippen molar-refractivity contribution >= 4 is 15.1 Å². The van der Waals surface area contributed by atoms with Crippen molar-refractivity contribution in [3.8, 4) is 0 Å². The summed E-state index contributed by atoms with van der Waals surface area (Å²) in [5, 5.41) is 20.2. The molecule has 2 N–H and O–H groups in total. The first-order valence-corrected chi connectivity index (χ1v) is 12.2. The Morgan fingerprint density at radius 1 is 1.18 bits per heavy atom. The van der Waals surface area contributed by atoms with Crippen LogP contribution in [-0.4, -0.2) is 69.3 Å². The molecule has 0 bridgehead atoms. The van der Waals surface area contributed by atoms with Crippen LogP contribution in [0, 0.1) is 11.8 Å². The second kappa shape index (κ2) is 9.40. The molecule has 5 nitrogen and oxygen atoms in total. The Bertz CT molecular complexity index is 314. The lowest BCUT2D eigenvalue weighted by atomic mass is 9.76. The highest BCUT2D eigenvalue weighted by Gasteiger charge is 2.37. The van der Waals surface area contributed by atoms with E-state index < -0.39 is 15.1 Å². The minimum Gasteiger partial charge on any atom is -0.437 e. The molecule has 0 saturated carbocycles. The van der Waals surface area contributed by atoms with Crippen LogP contribution in [0.2, 0.25) is 32.5 Å². The van der Waals surface area contributed by atoms with Gasteiger partial charge in [0.2, 0.25) is 0 Å². The lowest BCUT2D eigenvalue weighted by Crippen LogP contribution is -2.54. The van der Waals surface area contributed by atoms with Crippen LogP contribution in [0.5, 0.6) is 0 Å². The SMILES string of the molecule is CC[C@@H]1CN(B(C)O)C[C@H](COCOCC[Si](C)(C)C)[C@H]1O. The van der Waals surface area contributed by atoms with Crippen LogP contribution in [-0.2, 0) is 9.47 Å². The van der Waals surface area contributed by atoms with E-state index in [1.165, 1.54) is 0 Å². The van der Waals surface area contributed by atoms with E-state index in [9.17, 15) is 10.1 Å². The predicted molar refractivity (Wildman–Crippen MR) is 93.6 cm³/mol. The molecule has 1 fully saturated rings. The number of hydrogen-bond donors (Lipinski definition) is 2. The van der Waals surface area contributed by atoms with Crippen molar-refractivity contribution in [2.45, 2.75) is 52.0 Å². The number of piperidine rings is 1. The molecular formula is C15H34BNO4Si. The molecular weight excluding hydrogens is 297 g/mol. The van der Waals surface area contributed by atoms with Gasteiger partial charge in [-0.05, 0) is 38.3 Å². The zero-order valence-electron chi connectivity index (χ0n) is 14.9. The van der Waals surface area contributed by atoms with Gasteiger partial charge in [-0.15, -0.1) is 0 Å². The van der Waals surface area contributed by atoms with E-state index >= 15 is 0 Å². The fourth-order valence-electron chi connectivity index (χ4n) is 2.80. The molecule has 1 saturated heterocycles. The number of rotatable bonds is 9. The van der Waals surface area contributed by atoms with Crippen LogP contribution in [0.3, 0.4) is 0 Å². The molecule has 130 valence electrons. The predicted octanol–water partition coefficient (Wildman–Crippen LogP) is 1.74. The molecule has 7 heteroatoms. The number of aliphatic hydroxyl groups excluding tert-OH is 1. The maximum Gasteiger partial charge on any atom is 0.376 e. The van der Waals surface area contributed by atoms with Crippen molar-refractivity contribution in [2.75, 3.05) is 33.1 Å². The van der Waals surface area contributed by atoms with Crippen LogP contribution in [0.25, 0.3) is 0 Å². The molecule has 0 spiro atoms. The second-order valence-corrected chi connectivity index (χ2v) is 13.3. The summed E-state index contributed by atoms with van der Waals surface area (Å²) in [4.78, 5) is 2.01. The van der Waals surface area contributed by atoms with E-state index in [0.29, 0.717) is 19.9 Å². The zero-order chi connectivity index (χ0) is 16.8. The van der Waals surface area contributed by atoms with Gasteiger partial charge in [0, 0.05) is 20.6 Å². The Morgan fingerprint density at radius 3 is 2.36 bits per heavy atom. The molecule has 22 heavy (non-hydrogen) atoms. The van der Waals surface area contributed by atoms with Crippen molar-refractivity contribution in [1.29, 1.82) is 0 Å². The summed E-state index contributed by atoms with van der Waals surface area (Å²) in [5.74, 6) is 0.235. The van der Waals surface area contributed by atoms with Crippen LogP contribution >= 0.6 is 0 Å². The van der Waals surface area contributed by atoms with Crippen LogP contribution < -0.4 is 0 Å². The summed E-state index contributed by atoms with van der Waals surface area (Å²) >= 11 is 0. The van der Waals surface area contributed by atoms with E-state index in [1.807, 2.05) is 4.81 Å². The summed E-state index contributed by atoms with van der Waals surface area (Å²) in [5.41, 5.74) is 0. The minimum absolute atomic E-state index is 0.0360. The molecule has 0 aliphatic carbocycles. The van der Waals surface area contributed by atoms with E-state index in [2.05, 4.69) is 26.6 Å². The van der Waals surface area contributed by atoms with Gasteiger partial charge >= 0.3 is 7.05 Å². The molecule has 0 unspecified atom stereocenters. The molecule has 0 aromatic carbocycles. The molecule has 1 aliphatic rings. The van der Waals surface area contributed by atoms with Crippen molar-refractivity contribution < 1.29 is 19.6 Å². The highest BCUT2D eigenvalue weighted by Crippen LogP contribution is 2.25. The van der Waals surface area contributed by atoms with E-state index in [4.69, 9.17) is 9.47 Å². The van der Waals surface area contributed by atoms with Gasteiger partial charge in [0.1, 0.15) is 6.79 Å². The topological polar surface area (TPSA) is 62.2 Å². The van der Waals surface area contributed by atoms with Crippen LogP contribution in [0.4, 0.5) is 0 Å². The summed E-state index contributed by atoms with van der Waals surface area (Å²) in [6.45, 7) is 13.8. The Kier molecular flexibility index (Phi) is 8.60. The number of aliphatic hydroxyl groups is 1. The molecule has 0 aromatic heterocycles. The third-order valence-electron chi connectivity index (χ3n) is 4.45. The molecule has 1 heterocycles. The number of ether oxygens (including phenoxy) is 2. The lowest BCUT2D eigenvalue weighted by molar-refractivity contribution is -0.0946. The molecule has 0 aromatic rings. The smallest absolute Gasteiger partial charge is 0.376 e. The summed E-state index contributed by atoms with van der Waals surface area (Å²) in [6, 6.07) is 1.14. The first-order valence-electron chi connectivity index (χ1n) is 8.50. The largest absolute Gasteiger partial charge is 0.437 e. The Morgan fingerprint density at radius 2 is 1.82 bits per heavy atom. The van der Waals surface area contributed by atoms with Gasteiger partial charge in [-0.1, -0.05) is 26.6 Å². The Balaban J connectivity index is 2.30. The van der Waals surface area contributed by atoms with Gasteiger partial charge in [0.15, 0.2) is 0 Å². The molecule has 3 atom stereocenters. The summed E-state index contributed by atoms with van der Waals surface area (Å²) < 4.78 is 11.1. The monoisotopic (exact) mass is 331 g/mol.